The molecule has 0 unspecified atom stereocenters. The van der Waals surface area contributed by atoms with E-state index < -0.39 is 0 Å². The van der Waals surface area contributed by atoms with E-state index in [-0.39, 0.29) is 5.84 Å². The third kappa shape index (κ3) is 3.61. The second-order valence-electron chi connectivity index (χ2n) is 3.80. The van der Waals surface area contributed by atoms with Crippen molar-refractivity contribution < 1.29 is 5.21 Å². The van der Waals surface area contributed by atoms with Gasteiger partial charge in [0, 0.05) is 24.8 Å². The van der Waals surface area contributed by atoms with Crippen molar-refractivity contribution in [3.63, 3.8) is 0 Å². The van der Waals surface area contributed by atoms with E-state index in [4.69, 9.17) is 34.1 Å². The number of hydrogen-bond donors (Lipinski definition) is 2. The van der Waals surface area contributed by atoms with Crippen LogP contribution in [0.3, 0.4) is 0 Å². The monoisotopic (exact) mass is 390 g/mol. The lowest BCUT2D eigenvalue weighted by molar-refractivity contribution is 0.318. The molecule has 3 nitrogen and oxygen atoms in total. The zero-order chi connectivity index (χ0) is 14.7. The molecule has 0 radical (unpaired) electrons. The largest absolute Gasteiger partial charge is 0.409 e. The predicted molar refractivity (Wildman–Crippen MR) is 87.2 cm³/mol. The fourth-order valence-electron chi connectivity index (χ4n) is 1.52. The second-order valence-corrected chi connectivity index (χ2v) is 6.65. The zero-order valence-electron chi connectivity index (χ0n) is 9.98. The molecule has 2 aromatic carbocycles. The summed E-state index contributed by atoms with van der Waals surface area (Å²) in [7, 11) is 0. The van der Waals surface area contributed by atoms with E-state index in [1.165, 1.54) is 11.8 Å². The molecule has 0 saturated heterocycles. The molecule has 0 saturated carbocycles. The van der Waals surface area contributed by atoms with E-state index in [9.17, 15) is 0 Å². The summed E-state index contributed by atoms with van der Waals surface area (Å²) >= 11 is 16.9. The van der Waals surface area contributed by atoms with E-state index in [1.54, 1.807) is 24.3 Å². The minimum absolute atomic E-state index is 0.0400. The Hall–Kier alpha value is -0.880. The summed E-state index contributed by atoms with van der Waals surface area (Å²) in [6.45, 7) is 0. The first-order chi connectivity index (χ1) is 9.51. The summed E-state index contributed by atoms with van der Waals surface area (Å²) in [6.07, 6.45) is 0. The quantitative estimate of drug-likeness (QED) is 0.335. The minimum Gasteiger partial charge on any atom is -0.409 e. The molecule has 2 rings (SSSR count). The van der Waals surface area contributed by atoms with Crippen molar-refractivity contribution in [1.29, 1.82) is 0 Å². The molecular weight excluding hydrogens is 383 g/mol. The Kier molecular flexibility index (Phi) is 5.21. The Morgan fingerprint density at radius 2 is 1.90 bits per heavy atom. The Morgan fingerprint density at radius 1 is 1.15 bits per heavy atom. The van der Waals surface area contributed by atoms with Gasteiger partial charge in [-0.1, -0.05) is 56.0 Å². The highest BCUT2D eigenvalue weighted by Gasteiger charge is 2.11. The Balaban J connectivity index is 2.47. The Morgan fingerprint density at radius 3 is 2.60 bits per heavy atom. The van der Waals surface area contributed by atoms with Gasteiger partial charge >= 0.3 is 0 Å². The van der Waals surface area contributed by atoms with Crippen LogP contribution < -0.4 is 5.73 Å². The van der Waals surface area contributed by atoms with Crippen LogP contribution in [-0.4, -0.2) is 11.0 Å². The van der Waals surface area contributed by atoms with Gasteiger partial charge in [-0.15, -0.1) is 0 Å². The third-order valence-electron chi connectivity index (χ3n) is 2.44. The number of hydrogen-bond acceptors (Lipinski definition) is 3. The van der Waals surface area contributed by atoms with Crippen molar-refractivity contribution in [2.45, 2.75) is 9.79 Å². The maximum atomic E-state index is 8.84. The van der Waals surface area contributed by atoms with Gasteiger partial charge in [0.1, 0.15) is 0 Å². The van der Waals surface area contributed by atoms with Crippen molar-refractivity contribution in [2.24, 2.45) is 10.9 Å². The molecule has 7 heteroatoms. The van der Waals surface area contributed by atoms with E-state index in [0.29, 0.717) is 15.6 Å². The van der Waals surface area contributed by atoms with Gasteiger partial charge in [0.15, 0.2) is 5.84 Å². The summed E-state index contributed by atoms with van der Waals surface area (Å²) < 4.78 is 0.882. The molecule has 0 atom stereocenters. The summed E-state index contributed by atoms with van der Waals surface area (Å²) in [6, 6.07) is 10.7. The van der Waals surface area contributed by atoms with Crippen LogP contribution in [0.2, 0.25) is 10.0 Å². The predicted octanol–water partition coefficient (Wildman–Crippen LogP) is 5.00. The molecule has 104 valence electrons. The topological polar surface area (TPSA) is 58.6 Å². The average Bonchev–Trinajstić information content (AvgIpc) is 2.42. The van der Waals surface area contributed by atoms with Gasteiger partial charge < -0.3 is 10.9 Å². The fraction of sp³-hybridized carbons (Fsp3) is 0. The van der Waals surface area contributed by atoms with E-state index in [2.05, 4.69) is 21.1 Å². The van der Waals surface area contributed by atoms with Crippen molar-refractivity contribution in [2.75, 3.05) is 0 Å². The summed E-state index contributed by atoms with van der Waals surface area (Å²) in [4.78, 5) is 1.60. The van der Waals surface area contributed by atoms with Crippen LogP contribution in [-0.2, 0) is 0 Å². The minimum atomic E-state index is 0.0400. The lowest BCUT2D eigenvalue weighted by Crippen LogP contribution is -2.14. The highest BCUT2D eigenvalue weighted by molar-refractivity contribution is 9.10. The lowest BCUT2D eigenvalue weighted by Gasteiger charge is -2.10. The smallest absolute Gasteiger partial charge is 0.171 e. The molecule has 0 amide bonds. The molecule has 0 bridgehead atoms. The number of halogens is 3. The number of oxime groups is 1. The van der Waals surface area contributed by atoms with Gasteiger partial charge in [-0.3, -0.25) is 0 Å². The SMILES string of the molecule is N/C(=N/O)c1ccc(Br)cc1Sc1cc(Cl)ccc1Cl. The van der Waals surface area contributed by atoms with Gasteiger partial charge in [0.2, 0.25) is 0 Å². The second kappa shape index (κ2) is 6.72. The van der Waals surface area contributed by atoms with Crippen LogP contribution in [0.1, 0.15) is 5.56 Å². The molecule has 0 heterocycles. The summed E-state index contributed by atoms with van der Waals surface area (Å²) in [5.41, 5.74) is 6.30. The third-order valence-corrected chi connectivity index (χ3v) is 4.73. The van der Waals surface area contributed by atoms with E-state index in [0.717, 1.165) is 14.3 Å². The molecule has 0 spiro atoms. The molecule has 2 aromatic rings. The Labute approximate surface area is 138 Å². The summed E-state index contributed by atoms with van der Waals surface area (Å²) in [5, 5.41) is 13.1. The zero-order valence-corrected chi connectivity index (χ0v) is 13.9. The maximum absolute atomic E-state index is 8.84. The van der Waals surface area contributed by atoms with Gasteiger partial charge in [-0.2, -0.15) is 0 Å². The molecular formula is C13H9BrCl2N2OS. The molecule has 0 aliphatic carbocycles. The molecule has 0 fully saturated rings. The van der Waals surface area contributed by atoms with Crippen LogP contribution in [0.15, 0.2) is 55.8 Å². The first-order valence-electron chi connectivity index (χ1n) is 5.41. The van der Waals surface area contributed by atoms with Crippen LogP contribution in [0.25, 0.3) is 0 Å². The number of nitrogens with zero attached hydrogens (tertiary/aromatic N) is 1. The molecule has 0 aliphatic heterocycles. The van der Waals surface area contributed by atoms with Gasteiger partial charge in [0.25, 0.3) is 0 Å². The Bertz CT molecular complexity index is 679. The number of amidine groups is 1. The van der Waals surface area contributed by atoms with Crippen LogP contribution >= 0.6 is 50.9 Å². The number of nitrogens with two attached hydrogens (primary N) is 1. The highest BCUT2D eigenvalue weighted by atomic mass is 79.9. The van der Waals surface area contributed by atoms with Crippen molar-refractivity contribution in [3.8, 4) is 0 Å². The first-order valence-corrected chi connectivity index (χ1v) is 7.78. The van der Waals surface area contributed by atoms with Crippen molar-refractivity contribution in [3.05, 3.63) is 56.5 Å². The van der Waals surface area contributed by atoms with Crippen LogP contribution in [0.5, 0.6) is 0 Å². The summed E-state index contributed by atoms with van der Waals surface area (Å²) in [5.74, 6) is 0.0400. The van der Waals surface area contributed by atoms with Gasteiger partial charge in [0.05, 0.1) is 5.02 Å². The average molecular weight is 392 g/mol. The molecule has 3 N–H and O–H groups in total. The number of benzene rings is 2. The van der Waals surface area contributed by atoms with Gasteiger partial charge in [-0.05, 0) is 36.4 Å². The maximum Gasteiger partial charge on any atom is 0.171 e. The van der Waals surface area contributed by atoms with Crippen molar-refractivity contribution >= 4 is 56.7 Å². The normalized spacial score (nSPS) is 11.7. The lowest BCUT2D eigenvalue weighted by atomic mass is 10.2. The van der Waals surface area contributed by atoms with Crippen LogP contribution in [0, 0.1) is 0 Å². The van der Waals surface area contributed by atoms with E-state index in [1.807, 2.05) is 12.1 Å². The molecule has 0 aromatic heterocycles. The van der Waals surface area contributed by atoms with Crippen LogP contribution in [0.4, 0.5) is 0 Å². The number of rotatable bonds is 3. The van der Waals surface area contributed by atoms with Crippen molar-refractivity contribution in [1.82, 2.24) is 0 Å². The standard InChI is InChI=1S/C13H9BrCl2N2OS/c14-7-1-3-9(13(17)18-19)11(5-7)20-12-6-8(15)2-4-10(12)16/h1-6,19H,(H2,17,18). The fourth-order valence-corrected chi connectivity index (χ4v) is 3.56. The first kappa shape index (κ1) is 15.5. The highest BCUT2D eigenvalue weighted by Crippen LogP contribution is 2.37. The van der Waals surface area contributed by atoms with Gasteiger partial charge in [-0.25, -0.2) is 0 Å². The molecule has 20 heavy (non-hydrogen) atoms. The molecule has 0 aliphatic rings. The van der Waals surface area contributed by atoms with E-state index >= 15 is 0 Å².